The minimum atomic E-state index is -0.253. The quantitative estimate of drug-likeness (QED) is 0.725. The highest BCUT2D eigenvalue weighted by Gasteiger charge is 2.18. The van der Waals surface area contributed by atoms with E-state index in [2.05, 4.69) is 25.0 Å². The van der Waals surface area contributed by atoms with E-state index in [0.29, 0.717) is 5.52 Å². The summed E-state index contributed by atoms with van der Waals surface area (Å²) >= 11 is 0. The van der Waals surface area contributed by atoms with Gasteiger partial charge >= 0.3 is 0 Å². The molecule has 0 radical (unpaired) electrons. The average Bonchev–Trinajstić information content (AvgIpc) is 2.88. The van der Waals surface area contributed by atoms with Crippen molar-refractivity contribution >= 4 is 22.4 Å². The van der Waals surface area contributed by atoms with E-state index >= 15 is 0 Å². The molecule has 0 atom stereocenters. The van der Waals surface area contributed by atoms with Gasteiger partial charge in [0.25, 0.3) is 0 Å². The van der Waals surface area contributed by atoms with Gasteiger partial charge in [0.05, 0.1) is 5.52 Å². The number of anilines is 2. The fraction of sp³-hybridized carbons (Fsp3) is 0.278. The van der Waals surface area contributed by atoms with Crippen LogP contribution in [0.4, 0.5) is 15.9 Å². The largest absolute Gasteiger partial charge is 0.369 e. The lowest BCUT2D eigenvalue weighted by Gasteiger charge is -2.25. The van der Waals surface area contributed by atoms with Crippen LogP contribution >= 0.6 is 0 Å². The molecule has 0 spiro atoms. The molecule has 24 heavy (non-hydrogen) atoms. The summed E-state index contributed by atoms with van der Waals surface area (Å²) < 4.78 is 13.4. The molecule has 0 amide bonds. The van der Waals surface area contributed by atoms with E-state index in [1.54, 1.807) is 12.4 Å². The summed E-state index contributed by atoms with van der Waals surface area (Å²) in [6.07, 6.45) is 4.47. The van der Waals surface area contributed by atoms with Gasteiger partial charge in [0.15, 0.2) is 5.82 Å². The SMILES string of the molecule is Fc1ccc2c(N3CCCN(c4cccnn4)CC3)ccnc2c1. The van der Waals surface area contributed by atoms with Crippen molar-refractivity contribution in [2.24, 2.45) is 0 Å². The zero-order valence-electron chi connectivity index (χ0n) is 13.3. The first-order valence-electron chi connectivity index (χ1n) is 8.13. The van der Waals surface area contributed by atoms with Crippen molar-refractivity contribution in [1.82, 2.24) is 15.2 Å². The fourth-order valence-electron chi connectivity index (χ4n) is 3.23. The Kier molecular flexibility index (Phi) is 3.94. The number of benzene rings is 1. The van der Waals surface area contributed by atoms with Crippen LogP contribution in [0.25, 0.3) is 10.9 Å². The Labute approximate surface area is 139 Å². The van der Waals surface area contributed by atoms with Gasteiger partial charge in [0, 0.05) is 55.7 Å². The molecule has 2 aromatic heterocycles. The second-order valence-electron chi connectivity index (χ2n) is 5.90. The molecule has 3 heterocycles. The lowest BCUT2D eigenvalue weighted by Crippen LogP contribution is -2.31. The van der Waals surface area contributed by atoms with Crippen LogP contribution in [0.1, 0.15) is 6.42 Å². The third-order valence-electron chi connectivity index (χ3n) is 4.40. The Morgan fingerprint density at radius 2 is 1.79 bits per heavy atom. The Morgan fingerprint density at radius 3 is 2.67 bits per heavy atom. The standard InChI is InChI=1S/C18H18FN5/c19-14-4-5-15-16(13-14)20-8-6-17(15)23-9-2-10-24(12-11-23)18-3-1-7-21-22-18/h1,3-8,13H,2,9-12H2. The van der Waals surface area contributed by atoms with Gasteiger partial charge in [-0.2, -0.15) is 5.10 Å². The summed E-state index contributed by atoms with van der Waals surface area (Å²) in [6.45, 7) is 3.66. The van der Waals surface area contributed by atoms with Gasteiger partial charge in [-0.3, -0.25) is 4.98 Å². The topological polar surface area (TPSA) is 45.2 Å². The second kappa shape index (κ2) is 6.39. The molecule has 5 nitrogen and oxygen atoms in total. The van der Waals surface area contributed by atoms with E-state index in [1.807, 2.05) is 24.3 Å². The molecule has 0 bridgehead atoms. The van der Waals surface area contributed by atoms with Crippen LogP contribution in [-0.2, 0) is 0 Å². The van der Waals surface area contributed by atoms with Crippen LogP contribution in [0.3, 0.4) is 0 Å². The molecule has 1 aromatic carbocycles. The third kappa shape index (κ3) is 2.87. The molecule has 1 fully saturated rings. The van der Waals surface area contributed by atoms with E-state index < -0.39 is 0 Å². The van der Waals surface area contributed by atoms with Crippen molar-refractivity contribution in [3.63, 3.8) is 0 Å². The monoisotopic (exact) mass is 323 g/mol. The molecule has 0 unspecified atom stereocenters. The van der Waals surface area contributed by atoms with Gasteiger partial charge in [0.2, 0.25) is 0 Å². The summed E-state index contributed by atoms with van der Waals surface area (Å²) in [6, 6.07) is 10.7. The summed E-state index contributed by atoms with van der Waals surface area (Å²) in [5.41, 5.74) is 1.81. The molecule has 0 aliphatic carbocycles. The van der Waals surface area contributed by atoms with Crippen LogP contribution in [0.15, 0.2) is 48.8 Å². The first-order chi connectivity index (χ1) is 11.8. The number of nitrogens with zero attached hydrogens (tertiary/aromatic N) is 5. The van der Waals surface area contributed by atoms with Gasteiger partial charge in [0.1, 0.15) is 5.82 Å². The van der Waals surface area contributed by atoms with Gasteiger partial charge in [-0.1, -0.05) is 0 Å². The molecular formula is C18H18FN5. The molecule has 0 N–H and O–H groups in total. The van der Waals surface area contributed by atoms with E-state index in [9.17, 15) is 4.39 Å². The predicted octanol–water partition coefficient (Wildman–Crippen LogP) is 2.88. The van der Waals surface area contributed by atoms with Crippen LogP contribution < -0.4 is 9.80 Å². The molecule has 1 aliphatic rings. The number of fused-ring (bicyclic) bond motifs is 1. The summed E-state index contributed by atoms with van der Waals surface area (Å²) in [5, 5.41) is 9.17. The smallest absolute Gasteiger partial charge is 0.151 e. The first kappa shape index (κ1) is 14.8. The number of hydrogen-bond acceptors (Lipinski definition) is 5. The van der Waals surface area contributed by atoms with Crippen molar-refractivity contribution in [2.45, 2.75) is 6.42 Å². The van der Waals surface area contributed by atoms with Crippen LogP contribution in [0, 0.1) is 5.82 Å². The summed E-state index contributed by atoms with van der Waals surface area (Å²) in [4.78, 5) is 8.89. The number of rotatable bonds is 2. The number of hydrogen-bond donors (Lipinski definition) is 0. The predicted molar refractivity (Wildman–Crippen MR) is 92.8 cm³/mol. The lowest BCUT2D eigenvalue weighted by molar-refractivity contribution is 0.629. The van der Waals surface area contributed by atoms with E-state index in [-0.39, 0.29) is 5.82 Å². The van der Waals surface area contributed by atoms with E-state index in [4.69, 9.17) is 0 Å². The van der Waals surface area contributed by atoms with Gasteiger partial charge < -0.3 is 9.80 Å². The van der Waals surface area contributed by atoms with Gasteiger partial charge in [-0.15, -0.1) is 5.10 Å². The third-order valence-corrected chi connectivity index (χ3v) is 4.40. The Hall–Kier alpha value is -2.76. The number of pyridine rings is 1. The van der Waals surface area contributed by atoms with E-state index in [1.165, 1.54) is 12.1 Å². The molecule has 0 saturated carbocycles. The Bertz CT molecular complexity index is 839. The van der Waals surface area contributed by atoms with Crippen molar-refractivity contribution < 1.29 is 4.39 Å². The van der Waals surface area contributed by atoms with Crippen LogP contribution in [-0.4, -0.2) is 41.4 Å². The minimum absolute atomic E-state index is 0.253. The molecule has 122 valence electrons. The summed E-state index contributed by atoms with van der Waals surface area (Å²) in [7, 11) is 0. The number of halogens is 1. The van der Waals surface area contributed by atoms with E-state index in [0.717, 1.165) is 49.5 Å². The highest BCUT2D eigenvalue weighted by molar-refractivity contribution is 5.91. The lowest BCUT2D eigenvalue weighted by atomic mass is 10.1. The Morgan fingerprint density at radius 1 is 0.917 bits per heavy atom. The average molecular weight is 323 g/mol. The van der Waals surface area contributed by atoms with Crippen molar-refractivity contribution in [2.75, 3.05) is 36.0 Å². The highest BCUT2D eigenvalue weighted by Crippen LogP contribution is 2.27. The number of aromatic nitrogens is 3. The normalized spacial score (nSPS) is 15.5. The maximum atomic E-state index is 13.4. The molecule has 1 aliphatic heterocycles. The van der Waals surface area contributed by atoms with Gasteiger partial charge in [-0.25, -0.2) is 4.39 Å². The first-order valence-corrected chi connectivity index (χ1v) is 8.13. The Balaban J connectivity index is 1.60. The molecule has 3 aromatic rings. The highest BCUT2D eigenvalue weighted by atomic mass is 19.1. The molecular weight excluding hydrogens is 305 g/mol. The fourth-order valence-corrected chi connectivity index (χ4v) is 3.23. The minimum Gasteiger partial charge on any atom is -0.369 e. The zero-order chi connectivity index (χ0) is 16.4. The maximum Gasteiger partial charge on any atom is 0.151 e. The second-order valence-corrected chi connectivity index (χ2v) is 5.90. The van der Waals surface area contributed by atoms with Crippen molar-refractivity contribution in [3.05, 3.63) is 54.6 Å². The summed E-state index contributed by atoms with van der Waals surface area (Å²) in [5.74, 6) is 0.665. The van der Waals surface area contributed by atoms with Crippen LogP contribution in [0.2, 0.25) is 0 Å². The maximum absolute atomic E-state index is 13.4. The van der Waals surface area contributed by atoms with Gasteiger partial charge in [-0.05, 0) is 36.8 Å². The molecule has 6 heteroatoms. The van der Waals surface area contributed by atoms with Crippen LogP contribution in [0.5, 0.6) is 0 Å². The molecule has 4 rings (SSSR count). The van der Waals surface area contributed by atoms with Crippen molar-refractivity contribution in [1.29, 1.82) is 0 Å². The zero-order valence-corrected chi connectivity index (χ0v) is 13.3. The van der Waals surface area contributed by atoms with Crippen molar-refractivity contribution in [3.8, 4) is 0 Å². The molecule has 1 saturated heterocycles.